The molecule has 0 radical (unpaired) electrons. The summed E-state index contributed by atoms with van der Waals surface area (Å²) in [5.74, 6) is 0. The van der Waals surface area contributed by atoms with Crippen molar-refractivity contribution in [1.82, 2.24) is 4.98 Å². The molecule has 1 atom stereocenters. The normalized spacial score (nSPS) is 12.8. The molecule has 0 saturated heterocycles. The summed E-state index contributed by atoms with van der Waals surface area (Å²) in [7, 11) is 0. The maximum Gasteiger partial charge on any atom is 0.106 e. The molecule has 0 spiro atoms. The van der Waals surface area contributed by atoms with Gasteiger partial charge in [-0.15, -0.1) is 22.7 Å². The lowest BCUT2D eigenvalue weighted by molar-refractivity contribution is 0.910. The van der Waals surface area contributed by atoms with Gasteiger partial charge in [0.15, 0.2) is 0 Å². The molecule has 6 heteroatoms. The summed E-state index contributed by atoms with van der Waals surface area (Å²) in [5, 5.41) is 4.18. The zero-order valence-corrected chi connectivity index (χ0v) is 14.0. The molecule has 0 aliphatic rings. The SMILES string of the molecule is CC(Nc1c(Cl)ccc2scnc12)c1ccc(Br)s1. The molecule has 3 aromatic rings. The van der Waals surface area contributed by atoms with E-state index in [4.69, 9.17) is 11.6 Å². The minimum absolute atomic E-state index is 0.195. The Morgan fingerprint density at radius 2 is 2.16 bits per heavy atom. The Kier molecular flexibility index (Phi) is 3.80. The monoisotopic (exact) mass is 372 g/mol. The molecule has 0 amide bonds. The minimum atomic E-state index is 0.195. The fraction of sp³-hybridized carbons (Fsp3) is 0.154. The molecule has 0 fully saturated rings. The van der Waals surface area contributed by atoms with Crippen LogP contribution in [0.4, 0.5) is 5.69 Å². The molecule has 0 aliphatic heterocycles. The summed E-state index contributed by atoms with van der Waals surface area (Å²) in [4.78, 5) is 5.66. The van der Waals surface area contributed by atoms with E-state index in [1.165, 1.54) is 4.88 Å². The summed E-state index contributed by atoms with van der Waals surface area (Å²) in [6.45, 7) is 2.12. The second-order valence-electron chi connectivity index (χ2n) is 4.13. The summed E-state index contributed by atoms with van der Waals surface area (Å²) in [6, 6.07) is 8.29. The van der Waals surface area contributed by atoms with Gasteiger partial charge in [-0.2, -0.15) is 0 Å². The van der Waals surface area contributed by atoms with Crippen LogP contribution in [-0.4, -0.2) is 4.98 Å². The van der Waals surface area contributed by atoms with Crippen molar-refractivity contribution >= 4 is 66.1 Å². The van der Waals surface area contributed by atoms with Gasteiger partial charge in [-0.1, -0.05) is 11.6 Å². The van der Waals surface area contributed by atoms with Crippen LogP contribution in [0, 0.1) is 0 Å². The molecule has 1 aromatic carbocycles. The molecule has 2 heterocycles. The standard InChI is InChI=1S/C13H10BrClN2S2/c1-7(9-4-5-11(14)19-9)17-12-8(15)2-3-10-13(12)16-6-18-10/h2-7,17H,1H3. The third-order valence-electron chi connectivity index (χ3n) is 2.83. The van der Waals surface area contributed by atoms with Crippen LogP contribution in [0.3, 0.4) is 0 Å². The van der Waals surface area contributed by atoms with Crippen molar-refractivity contribution in [3.63, 3.8) is 0 Å². The topological polar surface area (TPSA) is 24.9 Å². The van der Waals surface area contributed by atoms with Gasteiger partial charge in [0, 0.05) is 4.88 Å². The number of thiazole rings is 1. The fourth-order valence-electron chi connectivity index (χ4n) is 1.89. The molecule has 0 aliphatic carbocycles. The third kappa shape index (κ3) is 2.65. The average Bonchev–Trinajstić information content (AvgIpc) is 3.01. The van der Waals surface area contributed by atoms with Crippen molar-refractivity contribution < 1.29 is 0 Å². The largest absolute Gasteiger partial charge is 0.375 e. The lowest BCUT2D eigenvalue weighted by Gasteiger charge is -2.15. The number of nitrogens with one attached hydrogen (secondary N) is 1. The van der Waals surface area contributed by atoms with Crippen LogP contribution in [-0.2, 0) is 0 Å². The van der Waals surface area contributed by atoms with Gasteiger partial charge in [-0.25, -0.2) is 4.98 Å². The van der Waals surface area contributed by atoms with Gasteiger partial charge in [0.2, 0.25) is 0 Å². The van der Waals surface area contributed by atoms with Crippen molar-refractivity contribution in [2.24, 2.45) is 0 Å². The van der Waals surface area contributed by atoms with Crippen molar-refractivity contribution in [2.45, 2.75) is 13.0 Å². The van der Waals surface area contributed by atoms with Crippen LogP contribution in [0.1, 0.15) is 17.8 Å². The Bertz CT molecular complexity index is 722. The molecule has 98 valence electrons. The Morgan fingerprint density at radius 1 is 1.32 bits per heavy atom. The summed E-state index contributed by atoms with van der Waals surface area (Å²) >= 11 is 13.1. The van der Waals surface area contributed by atoms with Gasteiger partial charge in [0.1, 0.15) is 5.52 Å². The van der Waals surface area contributed by atoms with Gasteiger partial charge < -0.3 is 5.32 Å². The van der Waals surface area contributed by atoms with E-state index in [9.17, 15) is 0 Å². The first kappa shape index (κ1) is 13.4. The minimum Gasteiger partial charge on any atom is -0.375 e. The number of nitrogens with zero attached hydrogens (tertiary/aromatic N) is 1. The average molecular weight is 374 g/mol. The third-order valence-corrected chi connectivity index (χ3v) is 5.75. The number of aromatic nitrogens is 1. The summed E-state index contributed by atoms with van der Waals surface area (Å²) < 4.78 is 2.28. The molecule has 19 heavy (non-hydrogen) atoms. The molecular formula is C13H10BrClN2S2. The van der Waals surface area contributed by atoms with Crippen LogP contribution < -0.4 is 5.32 Å². The van der Waals surface area contributed by atoms with Gasteiger partial charge in [-0.3, -0.25) is 0 Å². The predicted molar refractivity (Wildman–Crippen MR) is 88.7 cm³/mol. The molecule has 0 bridgehead atoms. The molecular weight excluding hydrogens is 364 g/mol. The Hall–Kier alpha value is -0.620. The van der Waals surface area contributed by atoms with Crippen LogP contribution >= 0.6 is 50.2 Å². The van der Waals surface area contributed by atoms with Gasteiger partial charge in [-0.05, 0) is 47.1 Å². The van der Waals surface area contributed by atoms with Crippen LogP contribution in [0.2, 0.25) is 5.02 Å². The highest BCUT2D eigenvalue weighted by Crippen LogP contribution is 2.36. The maximum atomic E-state index is 6.29. The van der Waals surface area contributed by atoms with Crippen molar-refractivity contribution in [3.8, 4) is 0 Å². The van der Waals surface area contributed by atoms with E-state index < -0.39 is 0 Å². The number of halogens is 2. The van der Waals surface area contributed by atoms with E-state index >= 15 is 0 Å². The van der Waals surface area contributed by atoms with E-state index in [1.807, 2.05) is 17.6 Å². The molecule has 3 rings (SSSR count). The predicted octanol–water partition coefficient (Wildman–Crippen LogP) is 5.95. The number of rotatable bonds is 3. The first-order valence-corrected chi connectivity index (χ1v) is 8.55. The molecule has 2 aromatic heterocycles. The maximum absolute atomic E-state index is 6.29. The molecule has 2 nitrogen and oxygen atoms in total. The number of fused-ring (bicyclic) bond motifs is 1. The molecule has 0 saturated carbocycles. The van der Waals surface area contributed by atoms with Crippen molar-refractivity contribution in [1.29, 1.82) is 0 Å². The number of thiophene rings is 1. The molecule has 1 unspecified atom stereocenters. The van der Waals surface area contributed by atoms with Crippen LogP contribution in [0.15, 0.2) is 33.6 Å². The smallest absolute Gasteiger partial charge is 0.106 e. The molecule has 1 N–H and O–H groups in total. The Balaban J connectivity index is 1.96. The lowest BCUT2D eigenvalue weighted by Crippen LogP contribution is -2.05. The van der Waals surface area contributed by atoms with E-state index in [1.54, 1.807) is 22.7 Å². The van der Waals surface area contributed by atoms with Gasteiger partial charge in [0.25, 0.3) is 0 Å². The van der Waals surface area contributed by atoms with E-state index in [2.05, 4.69) is 45.3 Å². The fourth-order valence-corrected chi connectivity index (χ4v) is 4.21. The lowest BCUT2D eigenvalue weighted by atomic mass is 10.2. The van der Waals surface area contributed by atoms with Gasteiger partial charge >= 0.3 is 0 Å². The van der Waals surface area contributed by atoms with E-state index in [-0.39, 0.29) is 6.04 Å². The van der Waals surface area contributed by atoms with Crippen molar-refractivity contribution in [2.75, 3.05) is 5.32 Å². The van der Waals surface area contributed by atoms with Crippen LogP contribution in [0.5, 0.6) is 0 Å². The Labute approximate surface area is 132 Å². The summed E-state index contributed by atoms with van der Waals surface area (Å²) in [6.07, 6.45) is 0. The van der Waals surface area contributed by atoms with Crippen LogP contribution in [0.25, 0.3) is 10.2 Å². The number of hydrogen-bond acceptors (Lipinski definition) is 4. The van der Waals surface area contributed by atoms with E-state index in [0.717, 1.165) is 19.7 Å². The zero-order chi connectivity index (χ0) is 13.4. The number of benzene rings is 1. The second kappa shape index (κ2) is 5.40. The van der Waals surface area contributed by atoms with Gasteiger partial charge in [0.05, 0.1) is 30.7 Å². The first-order valence-electron chi connectivity index (χ1n) is 5.68. The zero-order valence-electron chi connectivity index (χ0n) is 9.98. The highest BCUT2D eigenvalue weighted by molar-refractivity contribution is 9.11. The highest BCUT2D eigenvalue weighted by atomic mass is 79.9. The van der Waals surface area contributed by atoms with E-state index in [0.29, 0.717) is 5.02 Å². The number of anilines is 1. The first-order chi connectivity index (χ1) is 9.15. The highest BCUT2D eigenvalue weighted by Gasteiger charge is 2.13. The quantitative estimate of drug-likeness (QED) is 0.614. The second-order valence-corrected chi connectivity index (χ2v) is 7.92. The van der Waals surface area contributed by atoms with Crippen molar-refractivity contribution in [3.05, 3.63) is 43.5 Å². The number of hydrogen-bond donors (Lipinski definition) is 1. The summed E-state index contributed by atoms with van der Waals surface area (Å²) in [5.41, 5.74) is 3.70. The Morgan fingerprint density at radius 3 is 2.89 bits per heavy atom.